The third-order valence-corrected chi connectivity index (χ3v) is 6.76. The number of anilines is 1. The van der Waals surface area contributed by atoms with Gasteiger partial charge in [0.2, 0.25) is 0 Å². The number of benzene rings is 1. The highest BCUT2D eigenvalue weighted by molar-refractivity contribution is 7.90. The Bertz CT molecular complexity index is 1110. The molecule has 0 saturated carbocycles. The molecule has 0 fully saturated rings. The maximum atomic E-state index is 12.7. The summed E-state index contributed by atoms with van der Waals surface area (Å²) in [4.78, 5) is 17.1. The highest BCUT2D eigenvalue weighted by Crippen LogP contribution is 2.26. The molecule has 3 heterocycles. The number of nitrogens with one attached hydrogen (secondary N) is 1. The Kier molecular flexibility index (Phi) is 3.66. The van der Waals surface area contributed by atoms with Gasteiger partial charge in [0.05, 0.1) is 26.7 Å². The number of thiazole rings is 1. The van der Waals surface area contributed by atoms with Crippen LogP contribution in [0.5, 0.6) is 0 Å². The first-order valence-electron chi connectivity index (χ1n) is 7.76. The van der Waals surface area contributed by atoms with Crippen molar-refractivity contribution in [2.75, 3.05) is 11.1 Å². The minimum atomic E-state index is -3.18. The number of carbonyl (C=O) groups is 1. The van der Waals surface area contributed by atoms with Crippen molar-refractivity contribution in [3.05, 3.63) is 40.2 Å². The van der Waals surface area contributed by atoms with Crippen molar-refractivity contribution in [3.63, 3.8) is 0 Å². The number of carbonyl (C=O) groups excluding carboxylic acids is 1. The number of fused-ring (bicyclic) bond motifs is 2. The Balaban J connectivity index is 1.67. The number of sulfone groups is 1. The molecule has 1 amide bonds. The number of aryl methyl sites for hydroxylation is 2. The predicted octanol–water partition coefficient (Wildman–Crippen LogP) is 2.06. The van der Waals surface area contributed by atoms with Gasteiger partial charge in [0, 0.05) is 30.4 Å². The lowest BCUT2D eigenvalue weighted by molar-refractivity contribution is 0.102. The molecule has 1 aliphatic rings. The van der Waals surface area contributed by atoms with Gasteiger partial charge in [-0.25, -0.2) is 13.4 Å². The molecule has 0 bridgehead atoms. The molecular weight excluding hydrogens is 360 g/mol. The van der Waals surface area contributed by atoms with Crippen molar-refractivity contribution in [2.45, 2.75) is 19.1 Å². The molecule has 4 rings (SSSR count). The molecule has 7 nitrogen and oxygen atoms in total. The number of hydrogen-bond acceptors (Lipinski definition) is 6. The molecule has 3 aromatic rings. The molecule has 130 valence electrons. The van der Waals surface area contributed by atoms with Gasteiger partial charge in [0.25, 0.3) is 5.91 Å². The van der Waals surface area contributed by atoms with Crippen LogP contribution in [0.15, 0.2) is 18.2 Å². The summed E-state index contributed by atoms with van der Waals surface area (Å²) in [6.07, 6.45) is 0.387. The smallest absolute Gasteiger partial charge is 0.276 e. The summed E-state index contributed by atoms with van der Waals surface area (Å²) in [5.41, 5.74) is 2.93. The van der Waals surface area contributed by atoms with Gasteiger partial charge >= 0.3 is 0 Å². The average molecular weight is 376 g/mol. The van der Waals surface area contributed by atoms with E-state index >= 15 is 0 Å². The van der Waals surface area contributed by atoms with Gasteiger partial charge in [-0.05, 0) is 25.1 Å². The summed E-state index contributed by atoms with van der Waals surface area (Å²) in [7, 11) is -1.45. The van der Waals surface area contributed by atoms with Gasteiger partial charge in [-0.2, -0.15) is 5.10 Å². The lowest BCUT2D eigenvalue weighted by Crippen LogP contribution is -2.22. The first kappa shape index (κ1) is 16.2. The van der Waals surface area contributed by atoms with Crippen LogP contribution < -0.4 is 5.32 Å². The third kappa shape index (κ3) is 2.93. The van der Waals surface area contributed by atoms with E-state index in [0.717, 1.165) is 20.9 Å². The SMILES string of the molecule is Cc1nc2cc(NC(=O)c3nn(C)c4c3CS(=O)(=O)CC4)ccc2s1. The standard InChI is InChI=1S/C16H16N4O3S2/c1-9-17-12-7-10(3-4-14(12)24-9)18-16(21)15-11-8-25(22,23)6-5-13(11)20(2)19-15/h3-4,7H,5-6,8H2,1-2H3,(H,18,21). The van der Waals surface area contributed by atoms with Crippen LogP contribution in [0.2, 0.25) is 0 Å². The van der Waals surface area contributed by atoms with Crippen LogP contribution in [-0.2, 0) is 29.1 Å². The van der Waals surface area contributed by atoms with Crippen LogP contribution in [0.4, 0.5) is 5.69 Å². The van der Waals surface area contributed by atoms with Gasteiger partial charge in [-0.3, -0.25) is 9.48 Å². The number of rotatable bonds is 2. The third-order valence-electron chi connectivity index (χ3n) is 4.26. The Hall–Kier alpha value is -2.26. The van der Waals surface area contributed by atoms with Crippen LogP contribution in [-0.4, -0.2) is 34.8 Å². The summed E-state index contributed by atoms with van der Waals surface area (Å²) in [5.74, 6) is -0.441. The van der Waals surface area contributed by atoms with Gasteiger partial charge in [-0.15, -0.1) is 11.3 Å². The number of amides is 1. The Labute approximate surface area is 148 Å². The van der Waals surface area contributed by atoms with Crippen molar-refractivity contribution >= 4 is 43.0 Å². The van der Waals surface area contributed by atoms with Crippen molar-refractivity contribution < 1.29 is 13.2 Å². The van der Waals surface area contributed by atoms with E-state index in [4.69, 9.17) is 0 Å². The first-order chi connectivity index (χ1) is 11.8. The van der Waals surface area contributed by atoms with E-state index in [1.54, 1.807) is 23.1 Å². The van der Waals surface area contributed by atoms with Crippen molar-refractivity contribution in [1.29, 1.82) is 0 Å². The maximum absolute atomic E-state index is 12.7. The maximum Gasteiger partial charge on any atom is 0.276 e. The normalized spacial score (nSPS) is 15.9. The molecule has 0 radical (unpaired) electrons. The van der Waals surface area contributed by atoms with E-state index in [-0.39, 0.29) is 17.2 Å². The van der Waals surface area contributed by atoms with Crippen LogP contribution in [0.1, 0.15) is 26.8 Å². The van der Waals surface area contributed by atoms with Crippen LogP contribution in [0.3, 0.4) is 0 Å². The minimum Gasteiger partial charge on any atom is -0.321 e. The van der Waals surface area contributed by atoms with Crippen LogP contribution in [0.25, 0.3) is 10.2 Å². The van der Waals surface area contributed by atoms with Gasteiger partial charge in [-0.1, -0.05) is 0 Å². The van der Waals surface area contributed by atoms with E-state index < -0.39 is 15.7 Å². The summed E-state index contributed by atoms with van der Waals surface area (Å²) in [5, 5.41) is 8.01. The van der Waals surface area contributed by atoms with E-state index in [1.807, 2.05) is 25.1 Å². The number of nitrogens with zero attached hydrogens (tertiary/aromatic N) is 3. The van der Waals surface area contributed by atoms with Gasteiger partial charge in [0.15, 0.2) is 15.5 Å². The molecule has 9 heteroatoms. The van der Waals surface area contributed by atoms with E-state index in [0.29, 0.717) is 17.7 Å². The molecule has 0 atom stereocenters. The summed E-state index contributed by atoms with van der Waals surface area (Å²) in [6.45, 7) is 1.93. The second-order valence-corrected chi connectivity index (χ2v) is 9.53. The molecule has 0 unspecified atom stereocenters. The quantitative estimate of drug-likeness (QED) is 0.739. The van der Waals surface area contributed by atoms with E-state index in [2.05, 4.69) is 15.4 Å². The molecule has 0 saturated heterocycles. The number of aromatic nitrogens is 3. The molecule has 1 aromatic carbocycles. The molecule has 1 N–H and O–H groups in total. The summed E-state index contributed by atoms with van der Waals surface area (Å²) >= 11 is 1.59. The summed E-state index contributed by atoms with van der Waals surface area (Å²) in [6, 6.07) is 5.53. The molecular formula is C16H16N4O3S2. The Morgan fingerprint density at radius 3 is 2.96 bits per heavy atom. The Morgan fingerprint density at radius 1 is 1.36 bits per heavy atom. The van der Waals surface area contributed by atoms with Crippen molar-refractivity contribution in [1.82, 2.24) is 14.8 Å². The number of hydrogen-bond donors (Lipinski definition) is 1. The predicted molar refractivity (Wildman–Crippen MR) is 96.7 cm³/mol. The van der Waals surface area contributed by atoms with Crippen molar-refractivity contribution in [3.8, 4) is 0 Å². The fourth-order valence-corrected chi connectivity index (χ4v) is 5.30. The lowest BCUT2D eigenvalue weighted by Gasteiger charge is -2.13. The summed E-state index contributed by atoms with van der Waals surface area (Å²) < 4.78 is 26.5. The van der Waals surface area contributed by atoms with Gasteiger partial charge in [0.1, 0.15) is 0 Å². The fourth-order valence-electron chi connectivity index (χ4n) is 3.10. The largest absolute Gasteiger partial charge is 0.321 e. The fraction of sp³-hybridized carbons (Fsp3) is 0.312. The second-order valence-electron chi connectivity index (χ2n) is 6.11. The van der Waals surface area contributed by atoms with Crippen LogP contribution >= 0.6 is 11.3 Å². The first-order valence-corrected chi connectivity index (χ1v) is 10.4. The molecule has 25 heavy (non-hydrogen) atoms. The zero-order valence-corrected chi connectivity index (χ0v) is 15.4. The average Bonchev–Trinajstić information content (AvgIpc) is 3.05. The van der Waals surface area contributed by atoms with Gasteiger partial charge < -0.3 is 5.32 Å². The Morgan fingerprint density at radius 2 is 2.16 bits per heavy atom. The van der Waals surface area contributed by atoms with Crippen molar-refractivity contribution in [2.24, 2.45) is 7.05 Å². The zero-order valence-electron chi connectivity index (χ0n) is 13.7. The topological polar surface area (TPSA) is 93.9 Å². The van der Waals surface area contributed by atoms with Crippen LogP contribution in [0, 0.1) is 6.92 Å². The molecule has 0 aliphatic carbocycles. The highest BCUT2D eigenvalue weighted by Gasteiger charge is 2.30. The van der Waals surface area contributed by atoms with E-state index in [9.17, 15) is 13.2 Å². The lowest BCUT2D eigenvalue weighted by atomic mass is 10.1. The van der Waals surface area contributed by atoms with E-state index in [1.165, 1.54) is 0 Å². The zero-order chi connectivity index (χ0) is 17.8. The monoisotopic (exact) mass is 376 g/mol. The molecule has 1 aliphatic heterocycles. The second kappa shape index (κ2) is 5.63. The molecule has 2 aromatic heterocycles. The minimum absolute atomic E-state index is 0.0977. The highest BCUT2D eigenvalue weighted by atomic mass is 32.2. The molecule has 0 spiro atoms.